The fourth-order valence-corrected chi connectivity index (χ4v) is 1.97. The van der Waals surface area contributed by atoms with Crippen molar-refractivity contribution in [2.45, 2.75) is 25.8 Å². The summed E-state index contributed by atoms with van der Waals surface area (Å²) >= 11 is 7.35. The summed E-state index contributed by atoms with van der Waals surface area (Å²) < 4.78 is 0.810. The molecule has 1 rings (SSSR count). The van der Waals surface area contributed by atoms with Crippen LogP contribution in [0.4, 0.5) is 0 Å². The summed E-state index contributed by atoms with van der Waals surface area (Å²) in [5, 5.41) is 0. The van der Waals surface area contributed by atoms with Gasteiger partial charge in [-0.1, -0.05) is 18.5 Å². The highest BCUT2D eigenvalue weighted by Gasteiger charge is 2.19. The van der Waals surface area contributed by atoms with E-state index in [0.717, 1.165) is 15.6 Å². The zero-order valence-corrected chi connectivity index (χ0v) is 8.30. The Labute approximate surface area is 76.2 Å². The molecule has 0 radical (unpaired) electrons. The van der Waals surface area contributed by atoms with E-state index in [1.165, 1.54) is 0 Å². The standard InChI is InChI=1S/C8H12ClNS/c1-3-8(2,10)6-4-5-7(9)11-6/h4-5H,3,10H2,1-2H3/t8-/m0/s1. The third-order valence-electron chi connectivity index (χ3n) is 1.87. The maximum absolute atomic E-state index is 6.00. The van der Waals surface area contributed by atoms with Crippen LogP contribution in [0.25, 0.3) is 0 Å². The van der Waals surface area contributed by atoms with Crippen LogP contribution in [0.2, 0.25) is 4.34 Å². The minimum absolute atomic E-state index is 0.211. The Morgan fingerprint density at radius 1 is 1.64 bits per heavy atom. The topological polar surface area (TPSA) is 26.0 Å². The van der Waals surface area contributed by atoms with Gasteiger partial charge in [0.2, 0.25) is 0 Å². The van der Waals surface area contributed by atoms with Gasteiger partial charge < -0.3 is 5.73 Å². The van der Waals surface area contributed by atoms with Crippen molar-refractivity contribution in [1.29, 1.82) is 0 Å². The molecule has 0 unspecified atom stereocenters. The molecule has 0 aliphatic heterocycles. The van der Waals surface area contributed by atoms with Crippen LogP contribution in [0.5, 0.6) is 0 Å². The Balaban J connectivity index is 2.92. The van der Waals surface area contributed by atoms with E-state index in [1.54, 1.807) is 11.3 Å². The van der Waals surface area contributed by atoms with Crippen molar-refractivity contribution in [2.75, 3.05) is 0 Å². The van der Waals surface area contributed by atoms with Crippen molar-refractivity contribution in [2.24, 2.45) is 5.73 Å². The van der Waals surface area contributed by atoms with E-state index in [0.29, 0.717) is 0 Å². The monoisotopic (exact) mass is 189 g/mol. The maximum atomic E-state index is 6.00. The molecule has 0 bridgehead atoms. The van der Waals surface area contributed by atoms with E-state index >= 15 is 0 Å². The highest BCUT2D eigenvalue weighted by atomic mass is 35.5. The molecule has 0 spiro atoms. The molecule has 0 saturated heterocycles. The molecular weight excluding hydrogens is 178 g/mol. The molecule has 2 N–H and O–H groups in total. The average molecular weight is 190 g/mol. The number of hydrogen-bond acceptors (Lipinski definition) is 2. The summed E-state index contributed by atoms with van der Waals surface area (Å²) in [5.74, 6) is 0. The molecule has 0 amide bonds. The predicted molar refractivity (Wildman–Crippen MR) is 51.2 cm³/mol. The molecule has 0 aliphatic carbocycles. The highest BCUT2D eigenvalue weighted by Crippen LogP contribution is 2.30. The van der Waals surface area contributed by atoms with Crippen molar-refractivity contribution in [3.8, 4) is 0 Å². The summed E-state index contributed by atoms with van der Waals surface area (Å²) in [6.45, 7) is 4.10. The molecule has 1 aromatic rings. The second-order valence-electron chi connectivity index (χ2n) is 2.87. The summed E-state index contributed by atoms with van der Waals surface area (Å²) in [6.07, 6.45) is 0.934. The molecule has 0 aromatic carbocycles. The van der Waals surface area contributed by atoms with E-state index in [1.807, 2.05) is 19.1 Å². The third-order valence-corrected chi connectivity index (χ3v) is 3.38. The van der Waals surface area contributed by atoms with Gasteiger partial charge >= 0.3 is 0 Å². The van der Waals surface area contributed by atoms with Gasteiger partial charge in [-0.3, -0.25) is 0 Å². The SMILES string of the molecule is CC[C@](C)(N)c1ccc(Cl)s1. The zero-order valence-electron chi connectivity index (χ0n) is 6.73. The Morgan fingerprint density at radius 3 is 2.64 bits per heavy atom. The molecule has 11 heavy (non-hydrogen) atoms. The van der Waals surface area contributed by atoms with Gasteiger partial charge in [0, 0.05) is 10.4 Å². The fraction of sp³-hybridized carbons (Fsp3) is 0.500. The Hall–Kier alpha value is -0.0500. The predicted octanol–water partition coefficient (Wildman–Crippen LogP) is 2.99. The van der Waals surface area contributed by atoms with Crippen LogP contribution in [-0.4, -0.2) is 0 Å². The van der Waals surface area contributed by atoms with Gasteiger partial charge in [-0.15, -0.1) is 11.3 Å². The van der Waals surface area contributed by atoms with Crippen LogP contribution in [-0.2, 0) is 5.54 Å². The fourth-order valence-electron chi connectivity index (χ4n) is 0.795. The number of hydrogen-bond donors (Lipinski definition) is 1. The Bertz CT molecular complexity index is 242. The van der Waals surface area contributed by atoms with Crippen molar-refractivity contribution < 1.29 is 0 Å². The lowest BCUT2D eigenvalue weighted by atomic mass is 9.99. The molecular formula is C8H12ClNS. The number of nitrogens with two attached hydrogens (primary N) is 1. The van der Waals surface area contributed by atoms with Crippen molar-refractivity contribution >= 4 is 22.9 Å². The number of halogens is 1. The van der Waals surface area contributed by atoms with Gasteiger partial charge in [0.05, 0.1) is 4.34 Å². The molecule has 0 fully saturated rings. The number of thiophene rings is 1. The van der Waals surface area contributed by atoms with E-state index in [4.69, 9.17) is 17.3 Å². The minimum atomic E-state index is -0.211. The molecule has 62 valence electrons. The normalized spacial score (nSPS) is 16.4. The average Bonchev–Trinajstić information content (AvgIpc) is 2.36. The van der Waals surface area contributed by atoms with E-state index in [9.17, 15) is 0 Å². The molecule has 0 saturated carbocycles. The third kappa shape index (κ3) is 1.95. The summed E-state index contributed by atoms with van der Waals surface area (Å²) in [5.41, 5.74) is 5.79. The highest BCUT2D eigenvalue weighted by molar-refractivity contribution is 7.16. The smallest absolute Gasteiger partial charge is 0.0931 e. The van der Waals surface area contributed by atoms with Crippen molar-refractivity contribution in [3.05, 3.63) is 21.3 Å². The minimum Gasteiger partial charge on any atom is -0.321 e. The lowest BCUT2D eigenvalue weighted by molar-refractivity contribution is 0.486. The van der Waals surface area contributed by atoms with Gasteiger partial charge in [0.1, 0.15) is 0 Å². The first-order chi connectivity index (χ1) is 5.06. The van der Waals surface area contributed by atoms with E-state index in [2.05, 4.69) is 6.92 Å². The van der Waals surface area contributed by atoms with Crippen LogP contribution >= 0.6 is 22.9 Å². The summed E-state index contributed by atoms with van der Waals surface area (Å²) in [4.78, 5) is 1.16. The van der Waals surface area contributed by atoms with Gasteiger partial charge in [0.15, 0.2) is 0 Å². The van der Waals surface area contributed by atoms with Gasteiger partial charge in [-0.2, -0.15) is 0 Å². The van der Waals surface area contributed by atoms with Crippen LogP contribution in [0.15, 0.2) is 12.1 Å². The molecule has 1 atom stereocenters. The van der Waals surface area contributed by atoms with Gasteiger partial charge in [-0.05, 0) is 25.5 Å². The Morgan fingerprint density at radius 2 is 2.27 bits per heavy atom. The largest absolute Gasteiger partial charge is 0.321 e. The summed E-state index contributed by atoms with van der Waals surface area (Å²) in [7, 11) is 0. The number of rotatable bonds is 2. The van der Waals surface area contributed by atoms with E-state index in [-0.39, 0.29) is 5.54 Å². The van der Waals surface area contributed by atoms with Crippen molar-refractivity contribution in [1.82, 2.24) is 0 Å². The van der Waals surface area contributed by atoms with Crippen LogP contribution in [0.3, 0.4) is 0 Å². The first kappa shape index (κ1) is 9.04. The lowest BCUT2D eigenvalue weighted by Gasteiger charge is -2.20. The second-order valence-corrected chi connectivity index (χ2v) is 4.59. The summed E-state index contributed by atoms with van der Waals surface area (Å²) in [6, 6.07) is 3.89. The molecule has 3 heteroatoms. The van der Waals surface area contributed by atoms with Crippen molar-refractivity contribution in [3.63, 3.8) is 0 Å². The van der Waals surface area contributed by atoms with Crippen LogP contribution < -0.4 is 5.73 Å². The molecule has 1 heterocycles. The molecule has 1 nitrogen and oxygen atoms in total. The quantitative estimate of drug-likeness (QED) is 0.761. The van der Waals surface area contributed by atoms with Gasteiger partial charge in [0.25, 0.3) is 0 Å². The Kier molecular flexibility index (Phi) is 2.58. The van der Waals surface area contributed by atoms with E-state index < -0.39 is 0 Å². The first-order valence-corrected chi connectivity index (χ1v) is 4.80. The van der Waals surface area contributed by atoms with Gasteiger partial charge in [-0.25, -0.2) is 0 Å². The zero-order chi connectivity index (χ0) is 8.48. The molecule has 1 aromatic heterocycles. The lowest BCUT2D eigenvalue weighted by Crippen LogP contribution is -2.30. The maximum Gasteiger partial charge on any atom is 0.0931 e. The second kappa shape index (κ2) is 3.13. The molecule has 0 aliphatic rings. The van der Waals surface area contributed by atoms with Crippen LogP contribution in [0.1, 0.15) is 25.1 Å². The first-order valence-electron chi connectivity index (χ1n) is 3.61. The van der Waals surface area contributed by atoms with Crippen LogP contribution in [0, 0.1) is 0 Å².